The largest absolute Gasteiger partial charge is 0.469 e. The van der Waals surface area contributed by atoms with E-state index >= 15 is 0 Å². The number of aliphatic hydroxyl groups is 1. The Hall–Kier alpha value is -1.10. The number of hydrogen-bond donors (Lipinski definition) is 1. The van der Waals surface area contributed by atoms with Crippen LogP contribution < -0.4 is 0 Å². The summed E-state index contributed by atoms with van der Waals surface area (Å²) in [6, 6.07) is 0. The van der Waals surface area contributed by atoms with Gasteiger partial charge in [-0.2, -0.15) is 0 Å². The van der Waals surface area contributed by atoms with Crippen LogP contribution in [0.5, 0.6) is 0 Å². The summed E-state index contributed by atoms with van der Waals surface area (Å²) in [4.78, 5) is 22.0. The minimum absolute atomic E-state index is 0.199. The number of esters is 2. The molecule has 1 N–H and O–H groups in total. The zero-order chi connectivity index (χ0) is 12.1. The molecule has 0 aliphatic rings. The SMILES string of the molecule is COC(=O)CC(O)CC(=O)OC(C)(C)C. The molecule has 0 heterocycles. The zero-order valence-corrected chi connectivity index (χ0v) is 9.57. The summed E-state index contributed by atoms with van der Waals surface area (Å²) in [6.07, 6.45) is -1.45. The fraction of sp³-hybridized carbons (Fsp3) is 0.800. The van der Waals surface area contributed by atoms with Crippen LogP contribution in [-0.2, 0) is 19.1 Å². The van der Waals surface area contributed by atoms with Crippen molar-refractivity contribution in [3.63, 3.8) is 0 Å². The molecule has 0 spiro atoms. The molecule has 0 aromatic rings. The van der Waals surface area contributed by atoms with Crippen LogP contribution in [0.2, 0.25) is 0 Å². The molecule has 0 aromatic heterocycles. The van der Waals surface area contributed by atoms with Gasteiger partial charge in [0.15, 0.2) is 0 Å². The molecule has 0 bridgehead atoms. The molecule has 88 valence electrons. The van der Waals surface area contributed by atoms with Crippen molar-refractivity contribution in [1.29, 1.82) is 0 Å². The van der Waals surface area contributed by atoms with Crippen LogP contribution in [0.1, 0.15) is 33.6 Å². The minimum atomic E-state index is -1.05. The van der Waals surface area contributed by atoms with Gasteiger partial charge >= 0.3 is 11.9 Å². The zero-order valence-electron chi connectivity index (χ0n) is 9.57. The Morgan fingerprint density at radius 1 is 1.20 bits per heavy atom. The molecule has 0 radical (unpaired) electrons. The molecule has 1 atom stereocenters. The second kappa shape index (κ2) is 5.70. The Balaban J connectivity index is 3.92. The van der Waals surface area contributed by atoms with E-state index in [2.05, 4.69) is 4.74 Å². The van der Waals surface area contributed by atoms with Gasteiger partial charge < -0.3 is 14.6 Å². The first kappa shape index (κ1) is 13.9. The van der Waals surface area contributed by atoms with Crippen LogP contribution in [0.4, 0.5) is 0 Å². The van der Waals surface area contributed by atoms with Crippen LogP contribution in [0.3, 0.4) is 0 Å². The summed E-state index contributed by atoms with van der Waals surface area (Å²) in [7, 11) is 1.22. The molecule has 0 saturated carbocycles. The average molecular weight is 218 g/mol. The second-order valence-electron chi connectivity index (χ2n) is 4.22. The highest BCUT2D eigenvalue weighted by molar-refractivity contribution is 5.73. The number of hydrogen-bond acceptors (Lipinski definition) is 5. The maximum Gasteiger partial charge on any atom is 0.308 e. The van der Waals surface area contributed by atoms with Crippen molar-refractivity contribution in [1.82, 2.24) is 0 Å². The Morgan fingerprint density at radius 3 is 2.07 bits per heavy atom. The summed E-state index contributed by atoms with van der Waals surface area (Å²) >= 11 is 0. The predicted octanol–water partition coefficient (Wildman–Crippen LogP) is 0.642. The summed E-state index contributed by atoms with van der Waals surface area (Å²) in [5, 5.41) is 9.32. The van der Waals surface area contributed by atoms with Gasteiger partial charge in [0.2, 0.25) is 0 Å². The number of carbonyl (C=O) groups is 2. The first-order valence-electron chi connectivity index (χ1n) is 4.71. The van der Waals surface area contributed by atoms with Crippen molar-refractivity contribution in [3.8, 4) is 0 Å². The molecule has 0 amide bonds. The molecule has 0 rings (SSSR count). The Labute approximate surface area is 89.4 Å². The monoisotopic (exact) mass is 218 g/mol. The van der Waals surface area contributed by atoms with Gasteiger partial charge in [-0.25, -0.2) is 0 Å². The summed E-state index contributed by atoms with van der Waals surface area (Å²) in [5.74, 6) is -1.08. The molecule has 0 aliphatic carbocycles. The lowest BCUT2D eigenvalue weighted by Crippen LogP contribution is -2.27. The van der Waals surface area contributed by atoms with E-state index in [1.54, 1.807) is 20.8 Å². The van der Waals surface area contributed by atoms with Crippen molar-refractivity contribution >= 4 is 11.9 Å². The van der Waals surface area contributed by atoms with Crippen molar-refractivity contribution in [2.45, 2.75) is 45.3 Å². The maximum absolute atomic E-state index is 11.2. The summed E-state index contributed by atoms with van der Waals surface area (Å²) in [5.41, 5.74) is -0.581. The van der Waals surface area contributed by atoms with Gasteiger partial charge in [-0.1, -0.05) is 0 Å². The highest BCUT2D eigenvalue weighted by atomic mass is 16.6. The van der Waals surface area contributed by atoms with E-state index in [9.17, 15) is 14.7 Å². The lowest BCUT2D eigenvalue weighted by Gasteiger charge is -2.20. The second-order valence-corrected chi connectivity index (χ2v) is 4.22. The van der Waals surface area contributed by atoms with E-state index in [1.165, 1.54) is 7.11 Å². The van der Waals surface area contributed by atoms with Gasteiger partial charge in [0.05, 0.1) is 26.1 Å². The maximum atomic E-state index is 11.2. The van der Waals surface area contributed by atoms with Crippen LogP contribution in [0.15, 0.2) is 0 Å². The molecular formula is C10H18O5. The van der Waals surface area contributed by atoms with E-state index in [4.69, 9.17) is 4.74 Å². The number of carbonyl (C=O) groups excluding carboxylic acids is 2. The third-order valence-corrected chi connectivity index (χ3v) is 1.45. The van der Waals surface area contributed by atoms with Gasteiger partial charge in [-0.05, 0) is 20.8 Å². The third kappa shape index (κ3) is 7.93. The fourth-order valence-corrected chi connectivity index (χ4v) is 0.923. The van der Waals surface area contributed by atoms with Crippen LogP contribution >= 0.6 is 0 Å². The van der Waals surface area contributed by atoms with E-state index in [0.717, 1.165) is 0 Å². The van der Waals surface area contributed by atoms with Gasteiger partial charge in [-0.3, -0.25) is 9.59 Å². The van der Waals surface area contributed by atoms with Gasteiger partial charge in [-0.15, -0.1) is 0 Å². The summed E-state index contributed by atoms with van der Waals surface area (Å²) in [6.45, 7) is 5.20. The Bertz CT molecular complexity index is 228. The van der Waals surface area contributed by atoms with Crippen LogP contribution in [-0.4, -0.2) is 35.9 Å². The highest BCUT2D eigenvalue weighted by Gasteiger charge is 2.20. The average Bonchev–Trinajstić information content (AvgIpc) is 1.99. The molecule has 1 unspecified atom stereocenters. The van der Waals surface area contributed by atoms with Crippen LogP contribution in [0.25, 0.3) is 0 Å². The standard InChI is InChI=1S/C10H18O5/c1-10(2,3)15-9(13)6-7(11)5-8(12)14-4/h7,11H,5-6H2,1-4H3. The normalized spacial score (nSPS) is 13.1. The first-order valence-corrected chi connectivity index (χ1v) is 4.71. The third-order valence-electron chi connectivity index (χ3n) is 1.45. The van der Waals surface area contributed by atoms with Crippen molar-refractivity contribution < 1.29 is 24.2 Å². The lowest BCUT2D eigenvalue weighted by atomic mass is 10.1. The molecule has 5 heteroatoms. The molecule has 0 fully saturated rings. The molecular weight excluding hydrogens is 200 g/mol. The van der Waals surface area contributed by atoms with Crippen molar-refractivity contribution in [2.24, 2.45) is 0 Å². The summed E-state index contributed by atoms with van der Waals surface area (Å²) < 4.78 is 9.32. The van der Waals surface area contributed by atoms with Gasteiger partial charge in [0.1, 0.15) is 5.60 Å². The molecule has 0 aromatic carbocycles. The predicted molar refractivity (Wildman–Crippen MR) is 53.1 cm³/mol. The van der Waals surface area contributed by atoms with E-state index in [-0.39, 0.29) is 12.8 Å². The topological polar surface area (TPSA) is 72.8 Å². The molecule has 5 nitrogen and oxygen atoms in total. The minimum Gasteiger partial charge on any atom is -0.469 e. The molecule has 15 heavy (non-hydrogen) atoms. The molecule has 0 aliphatic heterocycles. The van der Waals surface area contributed by atoms with E-state index in [1.807, 2.05) is 0 Å². The van der Waals surface area contributed by atoms with Gasteiger partial charge in [0, 0.05) is 0 Å². The number of methoxy groups -OCH3 is 1. The van der Waals surface area contributed by atoms with Crippen molar-refractivity contribution in [2.75, 3.05) is 7.11 Å². The van der Waals surface area contributed by atoms with E-state index < -0.39 is 23.6 Å². The fourth-order valence-electron chi connectivity index (χ4n) is 0.923. The van der Waals surface area contributed by atoms with Crippen molar-refractivity contribution in [3.05, 3.63) is 0 Å². The van der Waals surface area contributed by atoms with Gasteiger partial charge in [0.25, 0.3) is 0 Å². The lowest BCUT2D eigenvalue weighted by molar-refractivity contribution is -0.157. The number of aliphatic hydroxyl groups excluding tert-OH is 1. The quantitative estimate of drug-likeness (QED) is 0.701. The highest BCUT2D eigenvalue weighted by Crippen LogP contribution is 2.10. The number of ether oxygens (including phenoxy) is 2. The van der Waals surface area contributed by atoms with Crippen LogP contribution in [0, 0.1) is 0 Å². The van der Waals surface area contributed by atoms with E-state index in [0.29, 0.717) is 0 Å². The Morgan fingerprint density at radius 2 is 1.67 bits per heavy atom. The Kier molecular flexibility index (Phi) is 5.28. The first-order chi connectivity index (χ1) is 6.74. The number of rotatable bonds is 4. The molecule has 0 saturated heterocycles. The smallest absolute Gasteiger partial charge is 0.308 e.